The monoisotopic (exact) mass is 221 g/mol. The van der Waals surface area contributed by atoms with Crippen LogP contribution in [0.3, 0.4) is 0 Å². The van der Waals surface area contributed by atoms with Crippen LogP contribution in [0.4, 0.5) is 0 Å². The van der Waals surface area contributed by atoms with Crippen LogP contribution in [0.25, 0.3) is 0 Å². The van der Waals surface area contributed by atoms with Crippen molar-refractivity contribution in [1.82, 2.24) is 5.32 Å². The Labute approximate surface area is 96.8 Å². The van der Waals surface area contributed by atoms with Crippen LogP contribution in [0.15, 0.2) is 12.1 Å². The Morgan fingerprint density at radius 2 is 2.12 bits per heavy atom. The molecule has 0 heterocycles. The van der Waals surface area contributed by atoms with Crippen molar-refractivity contribution in [1.29, 1.82) is 0 Å². The third-order valence-electron chi connectivity index (χ3n) is 3.30. The summed E-state index contributed by atoms with van der Waals surface area (Å²) in [5.41, 5.74) is 2.73. The molecule has 0 aromatic heterocycles. The van der Waals surface area contributed by atoms with Gasteiger partial charge in [0.25, 0.3) is 0 Å². The van der Waals surface area contributed by atoms with Crippen LogP contribution in [0.1, 0.15) is 23.5 Å². The van der Waals surface area contributed by atoms with Crippen molar-refractivity contribution in [2.24, 2.45) is 0 Å². The van der Waals surface area contributed by atoms with E-state index in [0.29, 0.717) is 5.92 Å². The highest BCUT2D eigenvalue weighted by atomic mass is 16.5. The molecule has 1 atom stereocenters. The van der Waals surface area contributed by atoms with Gasteiger partial charge in [0.05, 0.1) is 14.2 Å². The van der Waals surface area contributed by atoms with Crippen LogP contribution in [0.5, 0.6) is 11.5 Å². The second-order valence-electron chi connectivity index (χ2n) is 4.17. The predicted octanol–water partition coefficient (Wildman–Crippen LogP) is 1.95. The fraction of sp³-hybridized carbons (Fsp3) is 0.538. The van der Waals surface area contributed by atoms with Gasteiger partial charge in [-0.25, -0.2) is 0 Å². The molecule has 3 nitrogen and oxygen atoms in total. The number of nitrogens with one attached hydrogen (secondary N) is 1. The zero-order valence-corrected chi connectivity index (χ0v) is 10.2. The molecule has 0 aliphatic heterocycles. The van der Waals surface area contributed by atoms with Crippen molar-refractivity contribution in [2.75, 3.05) is 27.8 Å². The number of hydrogen-bond donors (Lipinski definition) is 1. The number of benzene rings is 1. The first kappa shape index (κ1) is 11.3. The summed E-state index contributed by atoms with van der Waals surface area (Å²) in [6.07, 6.45) is 2.34. The van der Waals surface area contributed by atoms with E-state index >= 15 is 0 Å². The summed E-state index contributed by atoms with van der Waals surface area (Å²) in [5.74, 6) is 2.30. The van der Waals surface area contributed by atoms with E-state index in [4.69, 9.17) is 9.47 Å². The molecule has 0 spiro atoms. The Hall–Kier alpha value is -1.22. The molecule has 0 amide bonds. The van der Waals surface area contributed by atoms with Crippen LogP contribution in [0, 0.1) is 0 Å². The Morgan fingerprint density at radius 1 is 1.31 bits per heavy atom. The van der Waals surface area contributed by atoms with E-state index in [1.54, 1.807) is 14.2 Å². The largest absolute Gasteiger partial charge is 0.493 e. The molecule has 1 N–H and O–H groups in total. The molecule has 0 bridgehead atoms. The van der Waals surface area contributed by atoms with Gasteiger partial charge in [0.1, 0.15) is 0 Å². The maximum Gasteiger partial charge on any atom is 0.164 e. The van der Waals surface area contributed by atoms with Gasteiger partial charge in [-0.05, 0) is 31.5 Å². The minimum absolute atomic E-state index is 0.546. The number of fused-ring (bicyclic) bond motifs is 1. The molecule has 1 aromatic carbocycles. The van der Waals surface area contributed by atoms with Crippen LogP contribution >= 0.6 is 0 Å². The third kappa shape index (κ3) is 1.76. The summed E-state index contributed by atoms with van der Waals surface area (Å²) >= 11 is 0. The number of rotatable bonds is 4. The lowest BCUT2D eigenvalue weighted by molar-refractivity contribution is 0.350. The van der Waals surface area contributed by atoms with Gasteiger partial charge in [-0.2, -0.15) is 0 Å². The Balaban J connectivity index is 2.44. The lowest BCUT2D eigenvalue weighted by Gasteiger charge is -2.17. The Bertz CT molecular complexity index is 374. The molecule has 1 aliphatic rings. The van der Waals surface area contributed by atoms with Crippen molar-refractivity contribution >= 4 is 0 Å². The lowest BCUT2D eigenvalue weighted by Crippen LogP contribution is -2.15. The molecule has 88 valence electrons. The predicted molar refractivity (Wildman–Crippen MR) is 64.5 cm³/mol. The molecule has 16 heavy (non-hydrogen) atoms. The molecule has 0 radical (unpaired) electrons. The second-order valence-corrected chi connectivity index (χ2v) is 4.17. The number of ether oxygens (including phenoxy) is 2. The first-order chi connectivity index (χ1) is 7.81. The zero-order chi connectivity index (χ0) is 11.5. The normalized spacial score (nSPS) is 18.3. The summed E-state index contributed by atoms with van der Waals surface area (Å²) in [4.78, 5) is 0. The fourth-order valence-electron chi connectivity index (χ4n) is 2.58. The van der Waals surface area contributed by atoms with Gasteiger partial charge in [-0.3, -0.25) is 0 Å². The summed E-state index contributed by atoms with van der Waals surface area (Å²) in [7, 11) is 5.39. The average molecular weight is 221 g/mol. The third-order valence-corrected chi connectivity index (χ3v) is 3.30. The molecule has 0 saturated carbocycles. The molecular formula is C13H19NO2. The highest BCUT2D eigenvalue weighted by Gasteiger charge is 2.27. The second kappa shape index (κ2) is 4.74. The lowest BCUT2D eigenvalue weighted by atomic mass is 9.99. The highest BCUT2D eigenvalue weighted by molar-refractivity contribution is 5.54. The van der Waals surface area contributed by atoms with E-state index in [1.165, 1.54) is 17.5 Å². The standard InChI is InChI=1S/C13H19NO2/c1-14-8-10-5-4-9-6-7-11(15-2)13(16-3)12(9)10/h6-7,10,14H,4-5,8H2,1-3H3. The molecule has 1 unspecified atom stereocenters. The summed E-state index contributed by atoms with van der Waals surface area (Å²) in [6.45, 7) is 0.997. The van der Waals surface area contributed by atoms with Gasteiger partial charge in [-0.15, -0.1) is 0 Å². The van der Waals surface area contributed by atoms with E-state index in [-0.39, 0.29) is 0 Å². The SMILES string of the molecule is CNCC1CCc2ccc(OC)c(OC)c21. The van der Waals surface area contributed by atoms with Crippen LogP contribution in [-0.4, -0.2) is 27.8 Å². The average Bonchev–Trinajstić information content (AvgIpc) is 2.72. The van der Waals surface area contributed by atoms with E-state index in [0.717, 1.165) is 24.5 Å². The van der Waals surface area contributed by atoms with Gasteiger partial charge in [0.2, 0.25) is 0 Å². The molecule has 1 aliphatic carbocycles. The van der Waals surface area contributed by atoms with E-state index in [1.807, 2.05) is 13.1 Å². The van der Waals surface area contributed by atoms with Gasteiger partial charge in [0, 0.05) is 18.0 Å². The molecule has 3 heteroatoms. The van der Waals surface area contributed by atoms with Crippen molar-refractivity contribution < 1.29 is 9.47 Å². The first-order valence-corrected chi connectivity index (χ1v) is 5.70. The number of hydrogen-bond acceptors (Lipinski definition) is 3. The number of aryl methyl sites for hydroxylation is 1. The fourth-order valence-corrected chi connectivity index (χ4v) is 2.58. The van der Waals surface area contributed by atoms with Crippen molar-refractivity contribution in [2.45, 2.75) is 18.8 Å². The minimum atomic E-state index is 0.546. The quantitative estimate of drug-likeness (QED) is 0.843. The van der Waals surface area contributed by atoms with Gasteiger partial charge in [0.15, 0.2) is 11.5 Å². The summed E-state index contributed by atoms with van der Waals surface area (Å²) in [6, 6.07) is 4.16. The van der Waals surface area contributed by atoms with E-state index in [9.17, 15) is 0 Å². The molecular weight excluding hydrogens is 202 g/mol. The van der Waals surface area contributed by atoms with Crippen molar-refractivity contribution in [3.05, 3.63) is 23.3 Å². The Kier molecular flexibility index (Phi) is 3.34. The van der Waals surface area contributed by atoms with E-state index < -0.39 is 0 Å². The topological polar surface area (TPSA) is 30.5 Å². The van der Waals surface area contributed by atoms with Crippen molar-refractivity contribution in [3.8, 4) is 11.5 Å². The molecule has 2 rings (SSSR count). The first-order valence-electron chi connectivity index (χ1n) is 5.70. The van der Waals surface area contributed by atoms with E-state index in [2.05, 4.69) is 11.4 Å². The highest BCUT2D eigenvalue weighted by Crippen LogP contribution is 2.44. The smallest absolute Gasteiger partial charge is 0.164 e. The van der Waals surface area contributed by atoms with Crippen LogP contribution < -0.4 is 14.8 Å². The van der Waals surface area contributed by atoms with Gasteiger partial charge < -0.3 is 14.8 Å². The van der Waals surface area contributed by atoms with Gasteiger partial charge in [-0.1, -0.05) is 6.07 Å². The molecule has 0 saturated heterocycles. The number of methoxy groups -OCH3 is 2. The minimum Gasteiger partial charge on any atom is -0.493 e. The van der Waals surface area contributed by atoms with Gasteiger partial charge >= 0.3 is 0 Å². The molecule has 1 aromatic rings. The van der Waals surface area contributed by atoms with Crippen LogP contribution in [0.2, 0.25) is 0 Å². The molecule has 0 fully saturated rings. The number of likely N-dealkylation sites (N-methyl/N-ethyl adjacent to an activating group) is 1. The maximum atomic E-state index is 5.50. The van der Waals surface area contributed by atoms with Crippen LogP contribution in [-0.2, 0) is 6.42 Å². The zero-order valence-electron chi connectivity index (χ0n) is 10.2. The van der Waals surface area contributed by atoms with Crippen molar-refractivity contribution in [3.63, 3.8) is 0 Å². The summed E-state index contributed by atoms with van der Waals surface area (Å²) < 4.78 is 10.8. The Morgan fingerprint density at radius 3 is 2.75 bits per heavy atom. The maximum absolute atomic E-state index is 5.50. The summed E-state index contributed by atoms with van der Waals surface area (Å²) in [5, 5.41) is 3.24.